The van der Waals surface area contributed by atoms with E-state index in [0.29, 0.717) is 17.5 Å². The third-order valence-corrected chi connectivity index (χ3v) is 14.5. The quantitative estimate of drug-likeness (QED) is 0.0309. The molecule has 0 saturated carbocycles. The van der Waals surface area contributed by atoms with Gasteiger partial charge in [-0.3, -0.25) is 57.7 Å². The highest BCUT2D eigenvalue weighted by molar-refractivity contribution is 8.76. The highest BCUT2D eigenvalue weighted by Crippen LogP contribution is 2.27. The number of benzene rings is 2. The number of hydrogen-bond acceptors (Lipinski definition) is 15. The largest absolute Gasteiger partial charge is 0.508 e. The number of phenols is 1. The molecule has 2 aromatic carbocycles. The lowest BCUT2D eigenvalue weighted by Gasteiger charge is -2.30. The number of nitrogens with one attached hydrogen (secondary N) is 5. The normalized spacial score (nSPS) is 21.9. The molecule has 2 aliphatic rings. The predicted molar refractivity (Wildman–Crippen MR) is 275 cm³/mol. The molecule has 402 valence electrons. The zero-order valence-electron chi connectivity index (χ0n) is 40.8. The summed E-state index contributed by atoms with van der Waals surface area (Å²) in [6.45, 7) is -0.371. The van der Waals surface area contributed by atoms with Gasteiger partial charge in [-0.25, -0.2) is 0 Å². The average Bonchev–Trinajstić information content (AvgIpc) is 3.85. The molecule has 4 rings (SSSR count). The summed E-state index contributed by atoms with van der Waals surface area (Å²) in [5.41, 5.74) is 28.3. The number of aromatic hydroxyl groups is 1. The molecule has 16 N–H and O–H groups in total. The Morgan fingerprint density at radius 1 is 0.770 bits per heavy atom. The fraction of sp³-hybridized carbons (Fsp3) is 0.500. The van der Waals surface area contributed by atoms with Crippen molar-refractivity contribution in [3.8, 4) is 5.75 Å². The average molecular weight is 1070 g/mol. The van der Waals surface area contributed by atoms with Crippen LogP contribution in [0.2, 0.25) is 0 Å². The van der Waals surface area contributed by atoms with Crippen LogP contribution in [0.25, 0.3) is 0 Å². The van der Waals surface area contributed by atoms with Crippen molar-refractivity contribution in [2.45, 2.75) is 107 Å². The molecule has 2 fully saturated rings. The molecule has 2 aliphatic heterocycles. The van der Waals surface area contributed by atoms with E-state index in [4.69, 9.17) is 28.7 Å². The number of amides is 9. The molecule has 2 saturated heterocycles. The summed E-state index contributed by atoms with van der Waals surface area (Å²) < 4.78 is 0. The molecule has 0 spiro atoms. The lowest BCUT2D eigenvalue weighted by atomic mass is 9.89. The van der Waals surface area contributed by atoms with Crippen LogP contribution >= 0.6 is 21.6 Å². The Bertz CT molecular complexity index is 2370. The van der Waals surface area contributed by atoms with E-state index in [1.165, 1.54) is 27.8 Å². The van der Waals surface area contributed by atoms with Gasteiger partial charge in [0.2, 0.25) is 53.2 Å². The summed E-state index contributed by atoms with van der Waals surface area (Å²) in [4.78, 5) is 153. The molecule has 7 unspecified atom stereocenters. The number of guanidine groups is 1. The molecular formula is C48H66N12O12S2. The maximum absolute atomic E-state index is 14.6. The molecule has 2 aromatic rings. The Morgan fingerprint density at radius 2 is 1.45 bits per heavy atom. The van der Waals surface area contributed by atoms with Gasteiger partial charge in [-0.2, -0.15) is 0 Å². The second-order valence-corrected chi connectivity index (χ2v) is 20.6. The van der Waals surface area contributed by atoms with E-state index in [-0.39, 0.29) is 99.9 Å². The van der Waals surface area contributed by atoms with Crippen molar-refractivity contribution in [1.29, 1.82) is 0 Å². The molecule has 2 heterocycles. The first-order valence-corrected chi connectivity index (χ1v) is 26.5. The number of carbonyl (C=O) groups is 11. The first kappa shape index (κ1) is 59.3. The molecule has 0 aromatic heterocycles. The van der Waals surface area contributed by atoms with E-state index in [1.807, 2.05) is 0 Å². The molecule has 0 radical (unpaired) electrons. The third-order valence-electron chi connectivity index (χ3n) is 12.1. The van der Waals surface area contributed by atoms with Gasteiger partial charge >= 0.3 is 0 Å². The number of aliphatic imine (C=N–C) groups is 1. The van der Waals surface area contributed by atoms with E-state index < -0.39 is 120 Å². The van der Waals surface area contributed by atoms with Crippen LogP contribution in [-0.2, 0) is 65.6 Å². The van der Waals surface area contributed by atoms with E-state index in [9.17, 15) is 57.8 Å². The number of nitrogens with zero attached hydrogens (tertiary/aromatic N) is 2. The number of rotatable bonds is 19. The number of ketones is 2. The minimum Gasteiger partial charge on any atom is -0.508 e. The van der Waals surface area contributed by atoms with Crippen LogP contribution in [0.3, 0.4) is 0 Å². The Kier molecular flexibility index (Phi) is 24.1. The van der Waals surface area contributed by atoms with E-state index in [0.717, 1.165) is 10.8 Å². The summed E-state index contributed by atoms with van der Waals surface area (Å²) in [5, 5.41) is 22.8. The van der Waals surface area contributed by atoms with Crippen molar-refractivity contribution in [1.82, 2.24) is 31.5 Å². The van der Waals surface area contributed by atoms with Gasteiger partial charge in [0.05, 0.1) is 19.0 Å². The highest BCUT2D eigenvalue weighted by atomic mass is 33.1. The van der Waals surface area contributed by atoms with Crippen LogP contribution in [0, 0.1) is 11.8 Å². The van der Waals surface area contributed by atoms with E-state index in [2.05, 4.69) is 31.6 Å². The van der Waals surface area contributed by atoms with Gasteiger partial charge in [0, 0.05) is 62.1 Å². The zero-order valence-corrected chi connectivity index (χ0v) is 42.4. The number of carbonyl (C=O) groups excluding carboxylic acids is 11. The summed E-state index contributed by atoms with van der Waals surface area (Å²) in [6, 6.07) is 8.02. The smallest absolute Gasteiger partial charge is 0.246 e. The first-order chi connectivity index (χ1) is 35.2. The van der Waals surface area contributed by atoms with Crippen molar-refractivity contribution < 1.29 is 57.8 Å². The van der Waals surface area contributed by atoms with E-state index in [1.54, 1.807) is 42.5 Å². The second kappa shape index (κ2) is 30.1. The standard InChI is InChI=1S/C48H66N12O12S2/c49-39(64)15-12-29-23-38(63)34(21-27-6-2-1-3-7-27)57-43(68)30(20-28-10-13-31(61)14-11-28)22-32(62)16-19-73-74-26-36(59-45(70)35(24-40(50)65)58-42(29)67)47(72)60-18-5-9-37(60)46(71)56-33(8-4-17-54-48(52)53)44(69)55-25-41(51)66/h1-3,6-7,10-11,13-14,29-30,33-37,61H,4-5,8-9,12,15-26H2,(H2,49,64)(H2,50,65)(H2,51,66)(H,55,69)(H,56,71)(H,57,68)(H,58,67)(H,59,70)(H4,52,53,54). The Labute approximate surface area is 435 Å². The number of phenolic OH excluding ortho intramolecular Hbond substituents is 1. The minimum atomic E-state index is -1.72. The van der Waals surface area contributed by atoms with Crippen molar-refractivity contribution in [3.05, 3.63) is 65.7 Å². The van der Waals surface area contributed by atoms with Crippen LogP contribution in [-0.4, -0.2) is 142 Å². The van der Waals surface area contributed by atoms with Crippen molar-refractivity contribution >= 4 is 92.3 Å². The fourth-order valence-electron chi connectivity index (χ4n) is 8.28. The monoisotopic (exact) mass is 1070 g/mol. The van der Waals surface area contributed by atoms with Gasteiger partial charge in [-0.1, -0.05) is 64.1 Å². The predicted octanol–water partition coefficient (Wildman–Crippen LogP) is -2.16. The summed E-state index contributed by atoms with van der Waals surface area (Å²) in [7, 11) is 2.27. The number of hydrogen-bond donors (Lipinski definition) is 11. The third kappa shape index (κ3) is 20.4. The number of primary amides is 3. The molecule has 74 heavy (non-hydrogen) atoms. The zero-order chi connectivity index (χ0) is 54.3. The molecule has 26 heteroatoms. The molecular weight excluding hydrogens is 1000 g/mol. The molecule has 24 nitrogen and oxygen atoms in total. The topological polar surface area (TPSA) is 414 Å². The second-order valence-electron chi connectivity index (χ2n) is 18.0. The molecule has 0 bridgehead atoms. The molecule has 0 aliphatic carbocycles. The molecule has 9 amide bonds. The van der Waals surface area contributed by atoms with Gasteiger partial charge in [0.15, 0.2) is 11.7 Å². The Balaban J connectivity index is 1.68. The van der Waals surface area contributed by atoms with Gasteiger partial charge < -0.3 is 65.3 Å². The van der Waals surface area contributed by atoms with Crippen molar-refractivity contribution in [3.63, 3.8) is 0 Å². The van der Waals surface area contributed by atoms with E-state index >= 15 is 0 Å². The number of likely N-dealkylation sites (tertiary alicyclic amines) is 1. The summed E-state index contributed by atoms with van der Waals surface area (Å²) in [6.07, 6.45) is -1.54. The van der Waals surface area contributed by atoms with Gasteiger partial charge in [-0.15, -0.1) is 0 Å². The SMILES string of the molecule is NC(=O)CCC1CC(=O)C(Cc2ccccc2)NC(=O)C(Cc2ccc(O)cc2)CC(=O)CCSSCC(C(=O)N2CCCC2C(=O)NC(CCCN=C(N)N)C(=O)NCC(N)=O)NC(=O)C(CC(N)=O)NC1=O. The Morgan fingerprint density at radius 3 is 2.11 bits per heavy atom. The maximum atomic E-state index is 14.6. The first-order valence-electron chi connectivity index (χ1n) is 24.0. The Hall–Kier alpha value is -7.22. The lowest BCUT2D eigenvalue weighted by molar-refractivity contribution is -0.142. The minimum absolute atomic E-state index is 0.0130. The van der Waals surface area contributed by atoms with Gasteiger partial charge in [0.1, 0.15) is 35.7 Å². The van der Waals surface area contributed by atoms with Crippen LogP contribution in [0.1, 0.15) is 75.3 Å². The highest BCUT2D eigenvalue weighted by Gasteiger charge is 2.40. The summed E-state index contributed by atoms with van der Waals surface area (Å²) >= 11 is 0. The van der Waals surface area contributed by atoms with Crippen molar-refractivity contribution in [2.24, 2.45) is 45.5 Å². The maximum Gasteiger partial charge on any atom is 0.246 e. The number of Topliss-reactive ketones (excluding diaryl/α,β-unsaturated/α-hetero) is 2. The van der Waals surface area contributed by atoms with Gasteiger partial charge in [0.25, 0.3) is 0 Å². The van der Waals surface area contributed by atoms with Crippen LogP contribution in [0.4, 0.5) is 0 Å². The van der Waals surface area contributed by atoms with Crippen LogP contribution < -0.4 is 55.3 Å². The van der Waals surface area contributed by atoms with Crippen molar-refractivity contribution in [2.75, 3.05) is 31.1 Å². The lowest BCUT2D eigenvalue weighted by Crippen LogP contribution is -2.59. The molecule has 7 atom stereocenters. The van der Waals surface area contributed by atoms with Crippen LogP contribution in [0.15, 0.2) is 59.6 Å². The summed E-state index contributed by atoms with van der Waals surface area (Å²) in [5.74, 6) is -11.0. The van der Waals surface area contributed by atoms with Gasteiger partial charge in [-0.05, 0) is 68.2 Å². The fourth-order valence-corrected chi connectivity index (χ4v) is 10.5. The number of nitrogens with two attached hydrogens (primary N) is 5. The van der Waals surface area contributed by atoms with Crippen LogP contribution in [0.5, 0.6) is 5.75 Å².